The lowest BCUT2D eigenvalue weighted by atomic mass is 10.0. The minimum absolute atomic E-state index is 0.211. The number of rotatable bonds is 7. The van der Waals surface area contributed by atoms with Crippen LogP contribution in [0.15, 0.2) is 54.6 Å². The monoisotopic (exact) mass is 439 g/mol. The summed E-state index contributed by atoms with van der Waals surface area (Å²) in [6.45, 7) is 0. The number of benzene rings is 2. The third-order valence-corrected chi connectivity index (χ3v) is 4.19. The first-order valence-electron chi connectivity index (χ1n) is 7.36. The number of carboxylic acid groups (broad SMARTS) is 1. The summed E-state index contributed by atoms with van der Waals surface area (Å²) in [4.78, 5) is 24.0. The highest BCUT2D eigenvalue weighted by Gasteiger charge is 2.26. The summed E-state index contributed by atoms with van der Waals surface area (Å²) in [6.07, 6.45) is -0.632. The zero-order valence-electron chi connectivity index (χ0n) is 13.1. The molecule has 5 nitrogen and oxygen atoms in total. The molecule has 0 aliphatic heterocycles. The van der Waals surface area contributed by atoms with Crippen molar-refractivity contribution in [3.8, 4) is 0 Å². The number of aliphatic carboxylic acids is 1. The first kappa shape index (κ1) is 18.4. The van der Waals surface area contributed by atoms with Crippen molar-refractivity contribution in [2.75, 3.05) is 7.11 Å². The maximum absolute atomic E-state index is 12.4. The molecule has 0 heterocycles. The smallest absolute Gasteiger partial charge is 0.326 e. The molecule has 1 amide bonds. The second kappa shape index (κ2) is 8.79. The van der Waals surface area contributed by atoms with Crippen LogP contribution in [0.4, 0.5) is 0 Å². The van der Waals surface area contributed by atoms with Crippen LogP contribution in [0.1, 0.15) is 17.2 Å². The summed E-state index contributed by atoms with van der Waals surface area (Å²) in [5.74, 6) is -1.55. The number of methoxy groups -OCH3 is 1. The molecule has 24 heavy (non-hydrogen) atoms. The van der Waals surface area contributed by atoms with Crippen LogP contribution in [0.3, 0.4) is 0 Å². The zero-order valence-corrected chi connectivity index (χ0v) is 15.3. The lowest BCUT2D eigenvalue weighted by molar-refractivity contribution is -0.144. The Labute approximate surface area is 154 Å². The second-order valence-corrected chi connectivity index (χ2v) is 6.51. The van der Waals surface area contributed by atoms with E-state index < -0.39 is 24.0 Å². The number of carbonyl (C=O) groups is 2. The van der Waals surface area contributed by atoms with E-state index in [9.17, 15) is 14.7 Å². The Morgan fingerprint density at radius 3 is 2.46 bits per heavy atom. The molecule has 0 spiro atoms. The number of carboxylic acids is 1. The summed E-state index contributed by atoms with van der Waals surface area (Å²) >= 11 is 2.16. The van der Waals surface area contributed by atoms with Gasteiger partial charge in [0.1, 0.15) is 6.04 Å². The van der Waals surface area contributed by atoms with E-state index in [4.69, 9.17) is 4.74 Å². The Hall–Kier alpha value is -1.93. The normalized spacial score (nSPS) is 13.1. The third kappa shape index (κ3) is 5.04. The van der Waals surface area contributed by atoms with Gasteiger partial charge in [-0.2, -0.15) is 0 Å². The average molecular weight is 439 g/mol. The molecule has 0 saturated heterocycles. The highest BCUT2D eigenvalue weighted by atomic mass is 127. The predicted molar refractivity (Wildman–Crippen MR) is 98.6 cm³/mol. The van der Waals surface area contributed by atoms with Crippen LogP contribution in [0, 0.1) is 3.57 Å². The summed E-state index contributed by atoms with van der Waals surface area (Å²) < 4.78 is 6.26. The van der Waals surface area contributed by atoms with E-state index >= 15 is 0 Å². The quantitative estimate of drug-likeness (QED) is 0.651. The van der Waals surface area contributed by atoms with Crippen LogP contribution in [-0.4, -0.2) is 30.1 Å². The fourth-order valence-corrected chi connectivity index (χ4v) is 2.98. The molecule has 0 aliphatic rings. The van der Waals surface area contributed by atoms with E-state index in [1.165, 1.54) is 7.11 Å². The van der Waals surface area contributed by atoms with E-state index in [1.807, 2.05) is 30.3 Å². The Morgan fingerprint density at radius 2 is 1.88 bits per heavy atom. The number of nitrogens with one attached hydrogen (secondary N) is 1. The zero-order chi connectivity index (χ0) is 17.5. The fraction of sp³-hybridized carbons (Fsp3) is 0.222. The maximum Gasteiger partial charge on any atom is 0.326 e. The number of ether oxygens (including phenoxy) is 1. The van der Waals surface area contributed by atoms with Crippen LogP contribution in [0.2, 0.25) is 0 Å². The number of hydrogen-bond donors (Lipinski definition) is 2. The van der Waals surface area contributed by atoms with Crippen LogP contribution < -0.4 is 5.32 Å². The lowest BCUT2D eigenvalue weighted by Gasteiger charge is -2.20. The summed E-state index contributed by atoms with van der Waals surface area (Å²) in [5.41, 5.74) is 1.53. The second-order valence-electron chi connectivity index (χ2n) is 5.26. The maximum atomic E-state index is 12.4. The summed E-state index contributed by atoms with van der Waals surface area (Å²) in [6, 6.07) is 15.5. The standard InChI is InChI=1S/C18H18INO4/c1-24-16(13-7-3-2-4-8-13)17(21)20-15(18(22)23)11-12-6-5-9-14(19)10-12/h2-10,15-16H,11H2,1H3,(H,20,21)(H,22,23)/t15-,16-/m1/s1. The highest BCUT2D eigenvalue weighted by molar-refractivity contribution is 14.1. The number of carbonyl (C=O) groups excluding carboxylic acids is 1. The van der Waals surface area contributed by atoms with Gasteiger partial charge in [0.2, 0.25) is 0 Å². The van der Waals surface area contributed by atoms with Crippen molar-refractivity contribution >= 4 is 34.5 Å². The Bertz CT molecular complexity index is 705. The molecule has 0 radical (unpaired) electrons. The Morgan fingerprint density at radius 1 is 1.17 bits per heavy atom. The first-order chi connectivity index (χ1) is 11.5. The molecular weight excluding hydrogens is 421 g/mol. The van der Waals surface area contributed by atoms with Crippen molar-refractivity contribution in [1.29, 1.82) is 0 Å². The van der Waals surface area contributed by atoms with Gasteiger partial charge in [0.15, 0.2) is 6.10 Å². The van der Waals surface area contributed by atoms with Gasteiger partial charge in [-0.15, -0.1) is 0 Å². The van der Waals surface area contributed by atoms with Gasteiger partial charge in [0.25, 0.3) is 5.91 Å². The molecule has 126 valence electrons. The van der Waals surface area contributed by atoms with Crippen molar-refractivity contribution in [3.05, 3.63) is 69.3 Å². The van der Waals surface area contributed by atoms with Crippen molar-refractivity contribution in [2.24, 2.45) is 0 Å². The minimum atomic E-state index is -1.08. The van der Waals surface area contributed by atoms with Gasteiger partial charge in [0, 0.05) is 17.1 Å². The SMILES string of the molecule is CO[C@@H](C(=O)N[C@H](Cc1cccc(I)c1)C(=O)O)c1ccccc1. The van der Waals surface area contributed by atoms with E-state index in [0.29, 0.717) is 5.56 Å². The van der Waals surface area contributed by atoms with E-state index in [1.54, 1.807) is 24.3 Å². The van der Waals surface area contributed by atoms with Crippen molar-refractivity contribution in [2.45, 2.75) is 18.6 Å². The molecule has 0 fully saturated rings. The van der Waals surface area contributed by atoms with Crippen LogP contribution in [0.5, 0.6) is 0 Å². The average Bonchev–Trinajstić information content (AvgIpc) is 2.56. The Balaban J connectivity index is 2.11. The third-order valence-electron chi connectivity index (χ3n) is 3.52. The van der Waals surface area contributed by atoms with Gasteiger partial charge in [-0.25, -0.2) is 4.79 Å². The lowest BCUT2D eigenvalue weighted by Crippen LogP contribution is -2.44. The molecule has 0 bridgehead atoms. The molecule has 2 aromatic carbocycles. The predicted octanol–water partition coefficient (Wildman–Crippen LogP) is 2.79. The van der Waals surface area contributed by atoms with Gasteiger partial charge < -0.3 is 15.2 Å². The Kier molecular flexibility index (Phi) is 6.74. The summed E-state index contributed by atoms with van der Waals surface area (Å²) in [7, 11) is 1.42. The molecule has 0 aromatic heterocycles. The molecule has 2 rings (SSSR count). The topological polar surface area (TPSA) is 75.6 Å². The van der Waals surface area contributed by atoms with Gasteiger partial charge >= 0.3 is 5.97 Å². The number of amides is 1. The van der Waals surface area contributed by atoms with Gasteiger partial charge in [0.05, 0.1) is 0 Å². The van der Waals surface area contributed by atoms with Crippen LogP contribution in [-0.2, 0) is 20.7 Å². The number of halogens is 1. The molecule has 0 unspecified atom stereocenters. The fourth-order valence-electron chi connectivity index (χ4n) is 2.37. The highest BCUT2D eigenvalue weighted by Crippen LogP contribution is 2.17. The summed E-state index contributed by atoms with van der Waals surface area (Å²) in [5, 5.41) is 12.0. The van der Waals surface area contributed by atoms with Gasteiger partial charge in [-0.05, 0) is 45.9 Å². The van der Waals surface area contributed by atoms with Crippen molar-refractivity contribution in [3.63, 3.8) is 0 Å². The van der Waals surface area contributed by atoms with Crippen molar-refractivity contribution in [1.82, 2.24) is 5.32 Å². The molecular formula is C18H18INO4. The first-order valence-corrected chi connectivity index (χ1v) is 8.44. The van der Waals surface area contributed by atoms with Crippen molar-refractivity contribution < 1.29 is 19.4 Å². The van der Waals surface area contributed by atoms with Gasteiger partial charge in [-0.3, -0.25) is 4.79 Å². The van der Waals surface area contributed by atoms with E-state index in [2.05, 4.69) is 27.9 Å². The van der Waals surface area contributed by atoms with E-state index in [-0.39, 0.29) is 6.42 Å². The number of hydrogen-bond acceptors (Lipinski definition) is 3. The largest absolute Gasteiger partial charge is 0.480 e. The molecule has 2 atom stereocenters. The van der Waals surface area contributed by atoms with E-state index in [0.717, 1.165) is 9.13 Å². The van der Waals surface area contributed by atoms with Crippen LogP contribution in [0.25, 0.3) is 0 Å². The molecule has 0 saturated carbocycles. The minimum Gasteiger partial charge on any atom is -0.480 e. The molecule has 2 N–H and O–H groups in total. The van der Waals surface area contributed by atoms with Gasteiger partial charge in [-0.1, -0.05) is 42.5 Å². The molecule has 0 aliphatic carbocycles. The van der Waals surface area contributed by atoms with Crippen LogP contribution >= 0.6 is 22.6 Å². The molecule has 6 heteroatoms. The molecule has 2 aromatic rings.